The van der Waals surface area contributed by atoms with E-state index in [1.54, 1.807) is 16.8 Å². The molecule has 0 N–H and O–H groups in total. The van der Waals surface area contributed by atoms with Gasteiger partial charge in [0.1, 0.15) is 0 Å². The number of carbonyl (C=O) groups excluding carboxylic acids is 2. The molecule has 1 saturated heterocycles. The van der Waals surface area contributed by atoms with Gasteiger partial charge >= 0.3 is 0 Å². The van der Waals surface area contributed by atoms with Crippen molar-refractivity contribution in [2.45, 2.75) is 45.7 Å². The third kappa shape index (κ3) is 3.18. The maximum absolute atomic E-state index is 12.1. The van der Waals surface area contributed by atoms with Gasteiger partial charge in [-0.25, -0.2) is 0 Å². The lowest BCUT2D eigenvalue weighted by molar-refractivity contribution is -0.139. The smallest absolute Gasteiger partial charge is 0.242 e. The maximum Gasteiger partial charge on any atom is 0.242 e. The summed E-state index contributed by atoms with van der Waals surface area (Å²) in [7, 11) is 1.71. The molecule has 2 rings (SSSR count). The van der Waals surface area contributed by atoms with Crippen LogP contribution in [0.3, 0.4) is 0 Å². The number of amides is 2. The number of hydrogen-bond donors (Lipinski definition) is 0. The van der Waals surface area contributed by atoms with Gasteiger partial charge in [0, 0.05) is 25.6 Å². The monoisotopic (exact) mass is 279 g/mol. The predicted octanol–water partition coefficient (Wildman–Crippen LogP) is 1.21. The summed E-state index contributed by atoms with van der Waals surface area (Å²) in [6.07, 6.45) is 2.18. The minimum absolute atomic E-state index is 0.0622. The first-order chi connectivity index (χ1) is 9.51. The Bertz CT molecular complexity index is 498. The molecule has 0 unspecified atom stereocenters. The third-order valence-electron chi connectivity index (χ3n) is 3.72. The molecule has 1 aliphatic heterocycles. The summed E-state index contributed by atoms with van der Waals surface area (Å²) >= 11 is 0. The van der Waals surface area contributed by atoms with Crippen LogP contribution in [0.15, 0.2) is 10.6 Å². The van der Waals surface area contributed by atoms with Gasteiger partial charge in [-0.3, -0.25) is 9.59 Å². The topological polar surface area (TPSA) is 66.7 Å². The van der Waals surface area contributed by atoms with Crippen LogP contribution in [0.25, 0.3) is 0 Å². The second-order valence-corrected chi connectivity index (χ2v) is 5.30. The molecule has 6 heteroatoms. The lowest BCUT2D eigenvalue weighted by Crippen LogP contribution is -2.41. The zero-order valence-electron chi connectivity index (χ0n) is 12.3. The average molecular weight is 279 g/mol. The first-order valence-electron chi connectivity index (χ1n) is 6.99. The van der Waals surface area contributed by atoms with E-state index in [0.717, 1.165) is 18.5 Å². The van der Waals surface area contributed by atoms with Gasteiger partial charge in [0.05, 0.1) is 18.8 Å². The Hall–Kier alpha value is -1.85. The molecular formula is C14H21N3O3. The molecule has 1 aromatic heterocycles. The highest BCUT2D eigenvalue weighted by Gasteiger charge is 2.29. The van der Waals surface area contributed by atoms with Gasteiger partial charge in [0.25, 0.3) is 0 Å². The second kappa shape index (κ2) is 6.07. The van der Waals surface area contributed by atoms with Crippen molar-refractivity contribution in [1.29, 1.82) is 0 Å². The number of carbonyl (C=O) groups is 2. The Labute approximate surface area is 118 Å². The quantitative estimate of drug-likeness (QED) is 0.812. The largest absolute Gasteiger partial charge is 0.359 e. The van der Waals surface area contributed by atoms with E-state index in [9.17, 15) is 9.59 Å². The molecule has 6 nitrogen and oxygen atoms in total. The summed E-state index contributed by atoms with van der Waals surface area (Å²) in [4.78, 5) is 27.0. The Morgan fingerprint density at radius 1 is 1.60 bits per heavy atom. The van der Waals surface area contributed by atoms with Crippen LogP contribution in [0, 0.1) is 0 Å². The van der Waals surface area contributed by atoms with Crippen LogP contribution < -0.4 is 0 Å². The molecule has 1 aromatic rings. The highest BCUT2D eigenvalue weighted by Crippen LogP contribution is 2.18. The standard InChI is InChI=1S/C14H21N3O3/c1-4-11-7-12(20-15-11)8-16(3)14(19)9-17-10(2)5-6-13(17)18/h7,10H,4-6,8-9H2,1-3H3/t10-/m1/s1. The molecule has 0 aromatic carbocycles. The van der Waals surface area contributed by atoms with Crippen LogP contribution in [0.5, 0.6) is 0 Å². The van der Waals surface area contributed by atoms with Crippen LogP contribution >= 0.6 is 0 Å². The second-order valence-electron chi connectivity index (χ2n) is 5.30. The van der Waals surface area contributed by atoms with E-state index in [-0.39, 0.29) is 24.4 Å². The number of aromatic nitrogens is 1. The molecule has 2 amide bonds. The van der Waals surface area contributed by atoms with Gasteiger partial charge in [0.2, 0.25) is 11.8 Å². The van der Waals surface area contributed by atoms with Gasteiger partial charge in [-0.2, -0.15) is 0 Å². The van der Waals surface area contributed by atoms with Crippen molar-refractivity contribution < 1.29 is 14.1 Å². The maximum atomic E-state index is 12.1. The normalized spacial score (nSPS) is 18.6. The molecule has 1 atom stereocenters. The van der Waals surface area contributed by atoms with Crippen molar-refractivity contribution >= 4 is 11.8 Å². The van der Waals surface area contributed by atoms with E-state index in [1.807, 2.05) is 19.9 Å². The molecule has 0 spiro atoms. The fourth-order valence-electron chi connectivity index (χ4n) is 2.31. The molecule has 0 bridgehead atoms. The van der Waals surface area contributed by atoms with Gasteiger partial charge in [0.15, 0.2) is 5.76 Å². The minimum atomic E-state index is -0.0819. The number of rotatable bonds is 5. The summed E-state index contributed by atoms with van der Waals surface area (Å²) in [5.41, 5.74) is 0.879. The molecular weight excluding hydrogens is 258 g/mol. The van der Waals surface area contributed by atoms with Gasteiger partial charge < -0.3 is 14.3 Å². The molecule has 1 fully saturated rings. The van der Waals surface area contributed by atoms with Gasteiger partial charge in [-0.15, -0.1) is 0 Å². The summed E-state index contributed by atoms with van der Waals surface area (Å²) in [6.45, 7) is 4.49. The highest BCUT2D eigenvalue weighted by atomic mass is 16.5. The van der Waals surface area contributed by atoms with E-state index in [1.165, 1.54) is 0 Å². The summed E-state index contributed by atoms with van der Waals surface area (Å²) < 4.78 is 5.16. The Kier molecular flexibility index (Phi) is 4.42. The third-order valence-corrected chi connectivity index (χ3v) is 3.72. The summed E-state index contributed by atoms with van der Waals surface area (Å²) in [6, 6.07) is 2.00. The van der Waals surface area contributed by atoms with Crippen molar-refractivity contribution in [2.75, 3.05) is 13.6 Å². The number of hydrogen-bond acceptors (Lipinski definition) is 4. The SMILES string of the molecule is CCc1cc(CN(C)C(=O)CN2C(=O)CC[C@H]2C)on1. The number of aryl methyl sites for hydroxylation is 1. The zero-order chi connectivity index (χ0) is 14.7. The van der Waals surface area contributed by atoms with Crippen LogP contribution in [-0.2, 0) is 22.6 Å². The Morgan fingerprint density at radius 2 is 2.35 bits per heavy atom. The van der Waals surface area contributed by atoms with Crippen LogP contribution in [0.1, 0.15) is 38.1 Å². The fraction of sp³-hybridized carbons (Fsp3) is 0.643. The van der Waals surface area contributed by atoms with Crippen molar-refractivity contribution in [3.63, 3.8) is 0 Å². The van der Waals surface area contributed by atoms with E-state index in [4.69, 9.17) is 4.52 Å². The molecule has 2 heterocycles. The van der Waals surface area contributed by atoms with Crippen molar-refractivity contribution in [1.82, 2.24) is 15.0 Å². The first kappa shape index (κ1) is 14.6. The molecule has 110 valence electrons. The lowest BCUT2D eigenvalue weighted by Gasteiger charge is -2.24. The Morgan fingerprint density at radius 3 is 2.90 bits per heavy atom. The molecule has 20 heavy (non-hydrogen) atoms. The van der Waals surface area contributed by atoms with E-state index in [0.29, 0.717) is 18.7 Å². The predicted molar refractivity (Wildman–Crippen MR) is 72.8 cm³/mol. The van der Waals surface area contributed by atoms with E-state index < -0.39 is 0 Å². The number of likely N-dealkylation sites (tertiary alicyclic amines) is 1. The molecule has 1 aliphatic rings. The minimum Gasteiger partial charge on any atom is -0.359 e. The van der Waals surface area contributed by atoms with Gasteiger partial charge in [-0.05, 0) is 19.8 Å². The van der Waals surface area contributed by atoms with Crippen LogP contribution in [0.2, 0.25) is 0 Å². The highest BCUT2D eigenvalue weighted by molar-refractivity contribution is 5.86. The molecule has 0 saturated carbocycles. The van der Waals surface area contributed by atoms with Gasteiger partial charge in [-0.1, -0.05) is 12.1 Å². The summed E-state index contributed by atoms with van der Waals surface area (Å²) in [5, 5.41) is 3.90. The number of likely N-dealkylation sites (N-methyl/N-ethyl adjacent to an activating group) is 1. The van der Waals surface area contributed by atoms with Crippen molar-refractivity contribution in [3.05, 3.63) is 17.5 Å². The van der Waals surface area contributed by atoms with E-state index in [2.05, 4.69) is 5.16 Å². The van der Waals surface area contributed by atoms with E-state index >= 15 is 0 Å². The van der Waals surface area contributed by atoms with Crippen molar-refractivity contribution in [2.24, 2.45) is 0 Å². The van der Waals surface area contributed by atoms with Crippen molar-refractivity contribution in [3.8, 4) is 0 Å². The fourth-order valence-corrected chi connectivity index (χ4v) is 2.31. The molecule has 0 radical (unpaired) electrons. The average Bonchev–Trinajstić information content (AvgIpc) is 3.00. The summed E-state index contributed by atoms with van der Waals surface area (Å²) in [5.74, 6) is 0.646. The van der Waals surface area contributed by atoms with Crippen LogP contribution in [0.4, 0.5) is 0 Å². The number of nitrogens with zero attached hydrogens (tertiary/aromatic N) is 3. The molecule has 0 aliphatic carbocycles. The zero-order valence-corrected chi connectivity index (χ0v) is 12.3. The first-order valence-corrected chi connectivity index (χ1v) is 6.99. The van der Waals surface area contributed by atoms with Crippen LogP contribution in [-0.4, -0.2) is 46.4 Å². The lowest BCUT2D eigenvalue weighted by atomic mass is 10.2. The Balaban J connectivity index is 1.90.